The van der Waals surface area contributed by atoms with Gasteiger partial charge in [0.05, 0.1) is 4.47 Å². The zero-order chi connectivity index (χ0) is 14.9. The first-order valence-electron chi connectivity index (χ1n) is 6.17. The van der Waals surface area contributed by atoms with Gasteiger partial charge in [-0.25, -0.2) is 0 Å². The Balaban J connectivity index is 2.25. The van der Waals surface area contributed by atoms with E-state index in [0.29, 0.717) is 11.4 Å². The van der Waals surface area contributed by atoms with Crippen molar-refractivity contribution >= 4 is 39.7 Å². The highest BCUT2D eigenvalue weighted by molar-refractivity contribution is 9.10. The Morgan fingerprint density at radius 3 is 2.85 bits per heavy atom. The predicted molar refractivity (Wildman–Crippen MR) is 86.0 cm³/mol. The van der Waals surface area contributed by atoms with Crippen molar-refractivity contribution in [2.24, 2.45) is 0 Å². The lowest BCUT2D eigenvalue weighted by molar-refractivity contribution is 0.287. The summed E-state index contributed by atoms with van der Waals surface area (Å²) in [5.74, 6) is 1.52. The van der Waals surface area contributed by atoms with E-state index in [4.69, 9.17) is 28.6 Å². The minimum Gasteiger partial charge on any atom is -0.484 e. The maximum Gasteiger partial charge on any atom is 0.195 e. The molecule has 4 nitrogen and oxygen atoms in total. The molecule has 0 fully saturated rings. The third-order valence-corrected chi connectivity index (χ3v) is 4.96. The lowest BCUT2D eigenvalue weighted by atomic mass is 10.1. The average molecular weight is 377 g/mol. The van der Waals surface area contributed by atoms with Crippen LogP contribution in [-0.2, 0) is 13.2 Å². The van der Waals surface area contributed by atoms with Crippen LogP contribution in [0.4, 0.5) is 0 Å². The van der Waals surface area contributed by atoms with Gasteiger partial charge in [0.25, 0.3) is 0 Å². The monoisotopic (exact) mass is 375 g/mol. The molecule has 0 unspecified atom stereocenters. The molecule has 108 valence electrons. The molecule has 0 bridgehead atoms. The Bertz CT molecular complexity index is 696. The summed E-state index contributed by atoms with van der Waals surface area (Å²) in [7, 11) is 0. The summed E-state index contributed by atoms with van der Waals surface area (Å²) in [5, 5.41) is 7.70. The van der Waals surface area contributed by atoms with Gasteiger partial charge >= 0.3 is 0 Å². The third-order valence-electron chi connectivity index (χ3n) is 3.08. The zero-order valence-corrected chi connectivity index (χ0v) is 14.6. The smallest absolute Gasteiger partial charge is 0.195 e. The Hall–Kier alpha value is -0.850. The van der Waals surface area contributed by atoms with Gasteiger partial charge in [0.2, 0.25) is 0 Å². The Morgan fingerprint density at radius 2 is 2.20 bits per heavy atom. The molecule has 0 saturated heterocycles. The van der Waals surface area contributed by atoms with Gasteiger partial charge in [-0.05, 0) is 66.1 Å². The lowest BCUT2D eigenvalue weighted by Gasteiger charge is -2.13. The predicted octanol–water partition coefficient (Wildman–Crippen LogP) is 4.57. The van der Waals surface area contributed by atoms with Gasteiger partial charge in [-0.3, -0.25) is 5.10 Å². The van der Waals surface area contributed by atoms with E-state index >= 15 is 0 Å². The summed E-state index contributed by atoms with van der Waals surface area (Å²) in [4.78, 5) is 0. The maximum absolute atomic E-state index is 6.20. The number of aromatic amines is 1. The molecule has 1 heterocycles. The van der Waals surface area contributed by atoms with Gasteiger partial charge in [-0.2, -0.15) is 5.10 Å². The summed E-state index contributed by atoms with van der Waals surface area (Å²) in [6.45, 7) is 7.03. The molecule has 0 aliphatic heterocycles. The molecular formula is C13H15BrClN3OS. The molecule has 1 N–H and O–H groups in total. The number of H-pyrrole nitrogens is 1. The van der Waals surface area contributed by atoms with Crippen molar-refractivity contribution in [3.63, 3.8) is 0 Å². The molecule has 0 aliphatic rings. The first-order chi connectivity index (χ1) is 9.45. The first-order valence-corrected chi connectivity index (χ1v) is 7.75. The number of hydrogen-bond acceptors (Lipinski definition) is 3. The fourth-order valence-corrected chi connectivity index (χ4v) is 2.90. The van der Waals surface area contributed by atoms with Crippen molar-refractivity contribution in [3.8, 4) is 5.75 Å². The number of nitrogens with one attached hydrogen (secondary N) is 1. The van der Waals surface area contributed by atoms with Crippen LogP contribution in [-0.4, -0.2) is 14.8 Å². The Labute approximate surface area is 136 Å². The number of aromatic nitrogens is 3. The second kappa shape index (κ2) is 6.28. The van der Waals surface area contributed by atoms with E-state index < -0.39 is 0 Å². The van der Waals surface area contributed by atoms with Crippen LogP contribution in [0.5, 0.6) is 5.75 Å². The minimum absolute atomic E-state index is 0.347. The number of benzene rings is 1. The van der Waals surface area contributed by atoms with Crippen LogP contribution < -0.4 is 4.74 Å². The zero-order valence-electron chi connectivity index (χ0n) is 11.5. The van der Waals surface area contributed by atoms with Gasteiger partial charge < -0.3 is 9.30 Å². The van der Waals surface area contributed by atoms with Crippen molar-refractivity contribution < 1.29 is 4.74 Å². The Morgan fingerprint density at radius 1 is 1.50 bits per heavy atom. The van der Waals surface area contributed by atoms with Gasteiger partial charge in [-0.1, -0.05) is 11.6 Å². The molecule has 7 heteroatoms. The van der Waals surface area contributed by atoms with E-state index in [-0.39, 0.29) is 0 Å². The molecule has 1 aromatic heterocycles. The summed E-state index contributed by atoms with van der Waals surface area (Å²) in [6, 6.07) is 1.91. The van der Waals surface area contributed by atoms with Gasteiger partial charge in [0.15, 0.2) is 10.6 Å². The number of rotatable bonds is 4. The highest BCUT2D eigenvalue weighted by Crippen LogP contribution is 2.35. The first kappa shape index (κ1) is 15.5. The minimum atomic E-state index is 0.347. The second-order valence-corrected chi connectivity index (χ2v) is 5.98. The lowest BCUT2D eigenvalue weighted by Crippen LogP contribution is -2.06. The molecule has 0 radical (unpaired) electrons. The van der Waals surface area contributed by atoms with Gasteiger partial charge in [-0.15, -0.1) is 0 Å². The van der Waals surface area contributed by atoms with Gasteiger partial charge in [0.1, 0.15) is 12.4 Å². The number of halogens is 2. The SMILES string of the molecule is CCn1c(COc2cc(C)c(Cl)c(C)c2Br)n[nH]c1=S. The van der Waals surface area contributed by atoms with E-state index in [1.807, 2.05) is 31.4 Å². The quantitative estimate of drug-likeness (QED) is 0.795. The van der Waals surface area contributed by atoms with Crippen molar-refractivity contribution in [1.29, 1.82) is 0 Å². The van der Waals surface area contributed by atoms with E-state index in [1.165, 1.54) is 0 Å². The summed E-state index contributed by atoms with van der Waals surface area (Å²) in [6.07, 6.45) is 0. The average Bonchev–Trinajstić information content (AvgIpc) is 2.79. The number of hydrogen-bond donors (Lipinski definition) is 1. The molecule has 0 spiro atoms. The number of aryl methyl sites for hydroxylation is 1. The van der Waals surface area contributed by atoms with Crippen LogP contribution in [0.15, 0.2) is 10.5 Å². The number of nitrogens with zero attached hydrogens (tertiary/aromatic N) is 2. The fraction of sp³-hybridized carbons (Fsp3) is 0.385. The van der Waals surface area contributed by atoms with Crippen molar-refractivity contribution in [2.75, 3.05) is 0 Å². The van der Waals surface area contributed by atoms with E-state index in [0.717, 1.165) is 38.7 Å². The van der Waals surface area contributed by atoms with Gasteiger partial charge in [0, 0.05) is 11.6 Å². The fourth-order valence-electron chi connectivity index (χ4n) is 1.93. The highest BCUT2D eigenvalue weighted by atomic mass is 79.9. The summed E-state index contributed by atoms with van der Waals surface area (Å²) < 4.78 is 9.21. The van der Waals surface area contributed by atoms with Crippen LogP contribution in [0.3, 0.4) is 0 Å². The molecule has 20 heavy (non-hydrogen) atoms. The molecule has 0 saturated carbocycles. The second-order valence-electron chi connectivity index (χ2n) is 4.42. The largest absolute Gasteiger partial charge is 0.484 e. The third kappa shape index (κ3) is 2.92. The summed E-state index contributed by atoms with van der Waals surface area (Å²) in [5.41, 5.74) is 1.95. The van der Waals surface area contributed by atoms with E-state index in [1.54, 1.807) is 0 Å². The molecule has 1 aromatic carbocycles. The maximum atomic E-state index is 6.20. The molecular weight excluding hydrogens is 362 g/mol. The van der Waals surface area contributed by atoms with Crippen LogP contribution >= 0.6 is 39.7 Å². The van der Waals surface area contributed by atoms with Crippen LogP contribution in [0.2, 0.25) is 5.02 Å². The molecule has 2 aromatic rings. The molecule has 2 rings (SSSR count). The van der Waals surface area contributed by atoms with Crippen LogP contribution in [0.1, 0.15) is 23.9 Å². The van der Waals surface area contributed by atoms with Crippen molar-refractivity contribution in [1.82, 2.24) is 14.8 Å². The van der Waals surface area contributed by atoms with Crippen molar-refractivity contribution in [2.45, 2.75) is 33.9 Å². The standard InChI is InChI=1S/C13H15BrClN3OS/c1-4-18-10(16-17-13(18)20)6-19-9-5-7(2)12(15)8(3)11(9)14/h5H,4,6H2,1-3H3,(H,17,20). The highest BCUT2D eigenvalue weighted by Gasteiger charge is 2.12. The Kier molecular flexibility index (Phi) is 4.88. The van der Waals surface area contributed by atoms with E-state index in [9.17, 15) is 0 Å². The molecule has 0 amide bonds. The van der Waals surface area contributed by atoms with Crippen molar-refractivity contribution in [3.05, 3.63) is 37.3 Å². The molecule has 0 aliphatic carbocycles. The van der Waals surface area contributed by atoms with Crippen LogP contribution in [0, 0.1) is 18.6 Å². The normalized spacial score (nSPS) is 10.8. The van der Waals surface area contributed by atoms with E-state index in [2.05, 4.69) is 26.1 Å². The topological polar surface area (TPSA) is 42.8 Å². The number of ether oxygens (including phenoxy) is 1. The van der Waals surface area contributed by atoms with Crippen LogP contribution in [0.25, 0.3) is 0 Å². The summed E-state index contributed by atoms with van der Waals surface area (Å²) >= 11 is 14.9. The molecule has 0 atom stereocenters.